The van der Waals surface area contributed by atoms with Crippen LogP contribution in [0.4, 0.5) is 11.4 Å². The summed E-state index contributed by atoms with van der Waals surface area (Å²) in [7, 11) is 0. The monoisotopic (exact) mass is 432 g/mol. The first-order chi connectivity index (χ1) is 15.3. The van der Waals surface area contributed by atoms with E-state index in [-0.39, 0.29) is 25.0 Å². The molecule has 32 heavy (non-hydrogen) atoms. The first-order valence-electron chi connectivity index (χ1n) is 10.4. The molecule has 0 aliphatic rings. The highest BCUT2D eigenvalue weighted by molar-refractivity contribution is 5.95. The van der Waals surface area contributed by atoms with E-state index in [2.05, 4.69) is 10.6 Å². The lowest BCUT2D eigenvalue weighted by Crippen LogP contribution is -2.22. The topological polar surface area (TPSA) is 76.7 Å². The minimum Gasteiger partial charge on any atom is -0.483 e. The van der Waals surface area contributed by atoms with Crippen molar-refractivity contribution in [2.45, 2.75) is 27.7 Å². The van der Waals surface area contributed by atoms with Crippen molar-refractivity contribution >= 4 is 23.2 Å². The smallest absolute Gasteiger partial charge is 0.262 e. The maximum Gasteiger partial charge on any atom is 0.262 e. The Hall–Kier alpha value is -3.80. The molecule has 3 aromatic rings. The molecule has 2 N–H and O–H groups in total. The molecule has 0 spiro atoms. The molecule has 0 heterocycles. The van der Waals surface area contributed by atoms with E-state index in [0.29, 0.717) is 22.9 Å². The maximum absolute atomic E-state index is 12.3. The Labute approximate surface area is 188 Å². The molecule has 0 atom stereocenters. The van der Waals surface area contributed by atoms with Crippen LogP contribution in [-0.2, 0) is 9.59 Å². The van der Waals surface area contributed by atoms with Crippen LogP contribution >= 0.6 is 0 Å². The fraction of sp³-hybridized carbons (Fsp3) is 0.231. The summed E-state index contributed by atoms with van der Waals surface area (Å²) in [6, 6.07) is 18.6. The average molecular weight is 433 g/mol. The fourth-order valence-electron chi connectivity index (χ4n) is 3.40. The van der Waals surface area contributed by atoms with E-state index in [9.17, 15) is 9.59 Å². The lowest BCUT2D eigenvalue weighted by molar-refractivity contribution is -0.118. The lowest BCUT2D eigenvalue weighted by atomic mass is 10.1. The van der Waals surface area contributed by atoms with Crippen LogP contribution in [-0.4, -0.2) is 25.0 Å². The van der Waals surface area contributed by atoms with Crippen LogP contribution in [0.1, 0.15) is 22.3 Å². The van der Waals surface area contributed by atoms with Crippen molar-refractivity contribution in [2.24, 2.45) is 0 Å². The highest BCUT2D eigenvalue weighted by Crippen LogP contribution is 2.23. The van der Waals surface area contributed by atoms with Crippen molar-refractivity contribution in [3.05, 3.63) is 82.9 Å². The molecule has 6 nitrogen and oxygen atoms in total. The first kappa shape index (κ1) is 22.9. The second-order valence-electron chi connectivity index (χ2n) is 7.70. The van der Waals surface area contributed by atoms with Gasteiger partial charge in [-0.25, -0.2) is 0 Å². The Morgan fingerprint density at radius 3 is 1.34 bits per heavy atom. The zero-order chi connectivity index (χ0) is 23.1. The highest BCUT2D eigenvalue weighted by atomic mass is 16.5. The number of ether oxygens (including phenoxy) is 2. The van der Waals surface area contributed by atoms with Crippen molar-refractivity contribution in [1.82, 2.24) is 0 Å². The Kier molecular flexibility index (Phi) is 7.49. The van der Waals surface area contributed by atoms with Gasteiger partial charge >= 0.3 is 0 Å². The molecule has 0 aromatic heterocycles. The zero-order valence-electron chi connectivity index (χ0n) is 18.8. The van der Waals surface area contributed by atoms with Crippen LogP contribution in [0.3, 0.4) is 0 Å². The summed E-state index contributed by atoms with van der Waals surface area (Å²) in [5.41, 5.74) is 5.04. The third-order valence-corrected chi connectivity index (χ3v) is 4.94. The summed E-state index contributed by atoms with van der Waals surface area (Å²) in [5.74, 6) is 0.865. The maximum atomic E-state index is 12.3. The molecule has 166 valence electrons. The second-order valence-corrected chi connectivity index (χ2v) is 7.70. The van der Waals surface area contributed by atoms with Gasteiger partial charge in [0.2, 0.25) is 0 Å². The van der Waals surface area contributed by atoms with E-state index in [1.807, 2.05) is 64.1 Å². The van der Waals surface area contributed by atoms with Crippen molar-refractivity contribution in [3.8, 4) is 11.5 Å². The largest absolute Gasteiger partial charge is 0.483 e. The van der Waals surface area contributed by atoms with E-state index in [1.54, 1.807) is 24.3 Å². The van der Waals surface area contributed by atoms with Gasteiger partial charge < -0.3 is 20.1 Å². The molecule has 2 amide bonds. The number of para-hydroxylation sites is 2. The molecule has 0 aliphatic carbocycles. The van der Waals surface area contributed by atoms with E-state index < -0.39 is 0 Å². The predicted octanol–water partition coefficient (Wildman–Crippen LogP) is 4.96. The van der Waals surface area contributed by atoms with Crippen molar-refractivity contribution < 1.29 is 19.1 Å². The van der Waals surface area contributed by atoms with E-state index in [1.165, 1.54) is 0 Å². The second kappa shape index (κ2) is 10.5. The molecule has 0 aliphatic heterocycles. The van der Waals surface area contributed by atoms with Gasteiger partial charge in [0, 0.05) is 11.4 Å². The molecular formula is C26H28N2O4. The van der Waals surface area contributed by atoms with Gasteiger partial charge in [-0.2, -0.15) is 0 Å². The summed E-state index contributed by atoms with van der Waals surface area (Å²) < 4.78 is 11.4. The first-order valence-corrected chi connectivity index (χ1v) is 10.4. The summed E-state index contributed by atoms with van der Waals surface area (Å²) in [6.45, 7) is 7.55. The highest BCUT2D eigenvalue weighted by Gasteiger charge is 2.10. The number of anilines is 2. The SMILES string of the molecule is Cc1cccc(C)c1OCC(=O)Nc1cccc(NC(=O)COc2c(C)cccc2C)c1. The molecule has 3 rings (SSSR count). The van der Waals surface area contributed by atoms with Crippen LogP contribution < -0.4 is 20.1 Å². The summed E-state index contributed by atoms with van der Waals surface area (Å²) >= 11 is 0. The number of aryl methyl sites for hydroxylation is 4. The van der Waals surface area contributed by atoms with Gasteiger partial charge in [0.25, 0.3) is 11.8 Å². The number of amides is 2. The molecule has 6 heteroatoms. The molecule has 3 aromatic carbocycles. The van der Waals surface area contributed by atoms with Crippen LogP contribution in [0.25, 0.3) is 0 Å². The standard InChI is InChI=1S/C26H28N2O4/c1-17-8-5-9-18(2)25(17)31-15-23(29)27-21-12-7-13-22(14-21)28-24(30)16-32-26-19(3)10-6-11-20(26)4/h5-14H,15-16H2,1-4H3,(H,27,29)(H,28,30). The third-order valence-electron chi connectivity index (χ3n) is 4.94. The molecule has 0 bridgehead atoms. The molecule has 0 saturated carbocycles. The van der Waals surface area contributed by atoms with Gasteiger partial charge in [0.05, 0.1) is 0 Å². The number of carbonyl (C=O) groups excluding carboxylic acids is 2. The molecule has 0 saturated heterocycles. The van der Waals surface area contributed by atoms with Crippen LogP contribution in [0.2, 0.25) is 0 Å². The molecular weight excluding hydrogens is 404 g/mol. The minimum absolute atomic E-state index is 0.105. The summed E-state index contributed by atoms with van der Waals surface area (Å²) in [4.78, 5) is 24.6. The van der Waals surface area contributed by atoms with Gasteiger partial charge in [-0.3, -0.25) is 9.59 Å². The van der Waals surface area contributed by atoms with Crippen molar-refractivity contribution in [3.63, 3.8) is 0 Å². The van der Waals surface area contributed by atoms with Gasteiger partial charge in [-0.1, -0.05) is 42.5 Å². The Morgan fingerprint density at radius 1 is 0.625 bits per heavy atom. The lowest BCUT2D eigenvalue weighted by Gasteiger charge is -2.13. The van der Waals surface area contributed by atoms with Crippen molar-refractivity contribution in [1.29, 1.82) is 0 Å². The quantitative estimate of drug-likeness (QED) is 0.528. The van der Waals surface area contributed by atoms with Gasteiger partial charge in [-0.15, -0.1) is 0 Å². The van der Waals surface area contributed by atoms with Gasteiger partial charge in [0.1, 0.15) is 11.5 Å². The molecule has 0 fully saturated rings. The summed E-state index contributed by atoms with van der Waals surface area (Å²) in [6.07, 6.45) is 0. The Balaban J connectivity index is 1.53. The Bertz CT molecular complexity index is 999. The van der Waals surface area contributed by atoms with Gasteiger partial charge in [-0.05, 0) is 68.1 Å². The van der Waals surface area contributed by atoms with E-state index >= 15 is 0 Å². The molecule has 0 unspecified atom stereocenters. The number of rotatable bonds is 8. The van der Waals surface area contributed by atoms with E-state index in [0.717, 1.165) is 22.3 Å². The predicted molar refractivity (Wildman–Crippen MR) is 127 cm³/mol. The number of benzene rings is 3. The van der Waals surface area contributed by atoms with Crippen LogP contribution in [0, 0.1) is 27.7 Å². The average Bonchev–Trinajstić information content (AvgIpc) is 2.73. The normalized spacial score (nSPS) is 10.4. The van der Waals surface area contributed by atoms with Crippen LogP contribution in [0.5, 0.6) is 11.5 Å². The van der Waals surface area contributed by atoms with Crippen molar-refractivity contribution in [2.75, 3.05) is 23.8 Å². The number of carbonyl (C=O) groups is 2. The van der Waals surface area contributed by atoms with Crippen LogP contribution in [0.15, 0.2) is 60.7 Å². The number of nitrogens with one attached hydrogen (secondary N) is 2. The number of hydrogen-bond acceptors (Lipinski definition) is 4. The minimum atomic E-state index is -0.283. The third kappa shape index (κ3) is 6.11. The summed E-state index contributed by atoms with van der Waals surface area (Å²) in [5, 5.41) is 5.58. The number of hydrogen-bond donors (Lipinski definition) is 2. The fourth-order valence-corrected chi connectivity index (χ4v) is 3.40. The molecule has 0 radical (unpaired) electrons. The zero-order valence-corrected chi connectivity index (χ0v) is 18.8. The van der Waals surface area contributed by atoms with E-state index in [4.69, 9.17) is 9.47 Å². The Morgan fingerprint density at radius 2 is 0.969 bits per heavy atom. The van der Waals surface area contributed by atoms with Gasteiger partial charge in [0.15, 0.2) is 13.2 Å².